The second-order valence-electron chi connectivity index (χ2n) is 6.45. The molecular weight excluding hydrogens is 352 g/mol. The number of rotatable bonds is 4. The normalized spacial score (nSPS) is 13.8. The quantitative estimate of drug-likeness (QED) is 0.653. The SMILES string of the molecule is COC(=O)c1ccc2c(c1)/C(=N/CCc1ccccn1)c1ccccc1CO2. The molecule has 0 aliphatic carbocycles. The van der Waals surface area contributed by atoms with E-state index in [1.54, 1.807) is 18.3 Å². The molecule has 0 atom stereocenters. The van der Waals surface area contributed by atoms with E-state index in [4.69, 9.17) is 14.5 Å². The molecule has 0 amide bonds. The van der Waals surface area contributed by atoms with E-state index in [1.807, 2.05) is 48.5 Å². The van der Waals surface area contributed by atoms with Crippen LogP contribution in [0.15, 0.2) is 71.9 Å². The van der Waals surface area contributed by atoms with Crippen LogP contribution < -0.4 is 4.74 Å². The first-order chi connectivity index (χ1) is 13.8. The highest BCUT2D eigenvalue weighted by Gasteiger charge is 2.22. The third kappa shape index (κ3) is 3.64. The van der Waals surface area contributed by atoms with Gasteiger partial charge in [-0.2, -0.15) is 0 Å². The van der Waals surface area contributed by atoms with Crippen LogP contribution in [0.3, 0.4) is 0 Å². The molecule has 5 nitrogen and oxygen atoms in total. The van der Waals surface area contributed by atoms with E-state index in [2.05, 4.69) is 4.98 Å². The van der Waals surface area contributed by atoms with Crippen LogP contribution >= 0.6 is 0 Å². The number of methoxy groups -OCH3 is 1. The Morgan fingerprint density at radius 1 is 1.11 bits per heavy atom. The third-order valence-corrected chi connectivity index (χ3v) is 4.68. The van der Waals surface area contributed by atoms with E-state index >= 15 is 0 Å². The fraction of sp³-hybridized carbons (Fsp3) is 0.174. The van der Waals surface area contributed by atoms with E-state index in [-0.39, 0.29) is 5.97 Å². The molecule has 140 valence electrons. The van der Waals surface area contributed by atoms with Gasteiger partial charge >= 0.3 is 5.97 Å². The molecule has 0 fully saturated rings. The van der Waals surface area contributed by atoms with Gasteiger partial charge in [-0.1, -0.05) is 30.3 Å². The number of pyridine rings is 1. The van der Waals surface area contributed by atoms with Crippen molar-refractivity contribution < 1.29 is 14.3 Å². The zero-order chi connectivity index (χ0) is 19.3. The van der Waals surface area contributed by atoms with Crippen molar-refractivity contribution in [2.45, 2.75) is 13.0 Å². The number of carbonyl (C=O) groups excluding carboxylic acids is 1. The lowest BCUT2D eigenvalue weighted by Gasteiger charge is -2.11. The van der Waals surface area contributed by atoms with Gasteiger partial charge in [-0.3, -0.25) is 9.98 Å². The molecule has 2 heterocycles. The molecule has 1 aromatic heterocycles. The summed E-state index contributed by atoms with van der Waals surface area (Å²) < 4.78 is 10.9. The number of hydrogen-bond acceptors (Lipinski definition) is 5. The van der Waals surface area contributed by atoms with Gasteiger partial charge in [0.05, 0.1) is 18.4 Å². The van der Waals surface area contributed by atoms with E-state index in [1.165, 1.54) is 7.11 Å². The Kier molecular flexibility index (Phi) is 5.15. The Hall–Kier alpha value is -3.47. The molecule has 3 aromatic rings. The minimum absolute atomic E-state index is 0.381. The molecule has 0 bridgehead atoms. The number of aliphatic imine (C=N–C) groups is 1. The lowest BCUT2D eigenvalue weighted by Crippen LogP contribution is -2.09. The Balaban J connectivity index is 1.76. The van der Waals surface area contributed by atoms with Crippen molar-refractivity contribution in [3.8, 4) is 5.75 Å². The molecule has 0 saturated heterocycles. The van der Waals surface area contributed by atoms with Gasteiger partial charge in [0.25, 0.3) is 0 Å². The lowest BCUT2D eigenvalue weighted by atomic mass is 9.96. The van der Waals surface area contributed by atoms with Crippen LogP contribution in [0.2, 0.25) is 0 Å². The monoisotopic (exact) mass is 372 g/mol. The highest BCUT2D eigenvalue weighted by atomic mass is 16.5. The second kappa shape index (κ2) is 8.05. The Morgan fingerprint density at radius 2 is 1.96 bits per heavy atom. The van der Waals surface area contributed by atoms with Crippen molar-refractivity contribution in [3.05, 3.63) is 94.8 Å². The fourth-order valence-electron chi connectivity index (χ4n) is 3.26. The molecule has 1 aliphatic heterocycles. The maximum Gasteiger partial charge on any atom is 0.337 e. The van der Waals surface area contributed by atoms with Crippen LogP contribution in [0.5, 0.6) is 5.75 Å². The predicted molar refractivity (Wildman–Crippen MR) is 107 cm³/mol. The maximum atomic E-state index is 12.0. The van der Waals surface area contributed by atoms with Crippen LogP contribution in [0.1, 0.15) is 32.7 Å². The summed E-state index contributed by atoms with van der Waals surface area (Å²) in [6.45, 7) is 1.04. The largest absolute Gasteiger partial charge is 0.488 e. The Morgan fingerprint density at radius 3 is 2.79 bits per heavy atom. The maximum absolute atomic E-state index is 12.0. The highest BCUT2D eigenvalue weighted by molar-refractivity contribution is 6.16. The number of fused-ring (bicyclic) bond motifs is 2. The van der Waals surface area contributed by atoms with Gasteiger partial charge < -0.3 is 9.47 Å². The van der Waals surface area contributed by atoms with Crippen LogP contribution in [0.4, 0.5) is 0 Å². The Labute approximate surface area is 163 Å². The number of carbonyl (C=O) groups is 1. The summed E-state index contributed by atoms with van der Waals surface area (Å²) >= 11 is 0. The van der Waals surface area contributed by atoms with Gasteiger partial charge in [0, 0.05) is 36.0 Å². The van der Waals surface area contributed by atoms with Crippen molar-refractivity contribution in [2.75, 3.05) is 13.7 Å². The van der Waals surface area contributed by atoms with Gasteiger partial charge in [0.2, 0.25) is 0 Å². The van der Waals surface area contributed by atoms with E-state index < -0.39 is 0 Å². The minimum atomic E-state index is -0.381. The van der Waals surface area contributed by atoms with Crippen molar-refractivity contribution in [3.63, 3.8) is 0 Å². The number of nitrogens with zero attached hydrogens (tertiary/aromatic N) is 2. The van der Waals surface area contributed by atoms with E-state index in [0.29, 0.717) is 24.5 Å². The van der Waals surface area contributed by atoms with Gasteiger partial charge in [0.1, 0.15) is 12.4 Å². The highest BCUT2D eigenvalue weighted by Crippen LogP contribution is 2.30. The lowest BCUT2D eigenvalue weighted by molar-refractivity contribution is 0.0600. The van der Waals surface area contributed by atoms with Crippen LogP contribution in [-0.2, 0) is 17.8 Å². The summed E-state index contributed by atoms with van der Waals surface area (Å²) in [4.78, 5) is 21.3. The standard InChI is InChI=1S/C23H20N2O3/c1-27-23(26)16-9-10-21-20(14-16)22(19-8-3-2-6-17(19)15-28-21)25-13-11-18-7-4-5-12-24-18/h2-10,12,14H,11,13,15H2,1H3/b25-22+. The van der Waals surface area contributed by atoms with Crippen LogP contribution in [-0.4, -0.2) is 30.3 Å². The summed E-state index contributed by atoms with van der Waals surface area (Å²) in [6.07, 6.45) is 2.52. The summed E-state index contributed by atoms with van der Waals surface area (Å²) in [5.41, 5.74) is 5.17. The molecule has 5 heteroatoms. The first-order valence-electron chi connectivity index (χ1n) is 9.14. The van der Waals surface area contributed by atoms with Gasteiger partial charge in [-0.05, 0) is 35.9 Å². The molecule has 0 N–H and O–H groups in total. The summed E-state index contributed by atoms with van der Waals surface area (Å²) in [6, 6.07) is 19.2. The van der Waals surface area contributed by atoms with E-state index in [0.717, 1.165) is 34.5 Å². The molecule has 4 rings (SSSR count). The number of esters is 1. The van der Waals surface area contributed by atoms with Gasteiger partial charge in [0.15, 0.2) is 0 Å². The van der Waals surface area contributed by atoms with Crippen molar-refractivity contribution in [1.82, 2.24) is 4.98 Å². The van der Waals surface area contributed by atoms with Crippen LogP contribution in [0.25, 0.3) is 0 Å². The fourth-order valence-corrected chi connectivity index (χ4v) is 3.26. The number of benzene rings is 2. The molecule has 0 radical (unpaired) electrons. The summed E-state index contributed by atoms with van der Waals surface area (Å²) in [7, 11) is 1.38. The van der Waals surface area contributed by atoms with Crippen molar-refractivity contribution in [1.29, 1.82) is 0 Å². The smallest absolute Gasteiger partial charge is 0.337 e. The number of ether oxygens (including phenoxy) is 2. The first kappa shape index (κ1) is 17.9. The zero-order valence-electron chi connectivity index (χ0n) is 15.6. The van der Waals surface area contributed by atoms with Gasteiger partial charge in [-0.15, -0.1) is 0 Å². The average Bonchev–Trinajstić information content (AvgIpc) is 2.91. The predicted octanol–water partition coefficient (Wildman–Crippen LogP) is 3.84. The molecule has 0 unspecified atom stereocenters. The summed E-state index contributed by atoms with van der Waals surface area (Å²) in [5.74, 6) is 0.327. The third-order valence-electron chi connectivity index (χ3n) is 4.68. The molecular formula is C23H20N2O3. The summed E-state index contributed by atoms with van der Waals surface area (Å²) in [5, 5.41) is 0. The van der Waals surface area contributed by atoms with Crippen LogP contribution in [0, 0.1) is 0 Å². The van der Waals surface area contributed by atoms with Crippen molar-refractivity contribution in [2.24, 2.45) is 4.99 Å². The molecule has 0 spiro atoms. The molecule has 1 aliphatic rings. The second-order valence-corrected chi connectivity index (χ2v) is 6.45. The Bertz CT molecular complexity index is 1030. The molecule has 28 heavy (non-hydrogen) atoms. The molecule has 0 saturated carbocycles. The molecule has 2 aromatic carbocycles. The average molecular weight is 372 g/mol. The minimum Gasteiger partial charge on any atom is -0.488 e. The number of aromatic nitrogens is 1. The van der Waals surface area contributed by atoms with Gasteiger partial charge in [-0.25, -0.2) is 4.79 Å². The zero-order valence-corrected chi connectivity index (χ0v) is 15.6. The number of hydrogen-bond donors (Lipinski definition) is 0. The van der Waals surface area contributed by atoms with E-state index in [9.17, 15) is 4.79 Å². The first-order valence-corrected chi connectivity index (χ1v) is 9.14. The van der Waals surface area contributed by atoms with Crippen molar-refractivity contribution >= 4 is 11.7 Å². The topological polar surface area (TPSA) is 60.8 Å².